The molecule has 2 aliphatic heterocycles. The lowest BCUT2D eigenvalue weighted by atomic mass is 10.1. The molecular weight excluding hydrogens is 290 g/mol. The summed E-state index contributed by atoms with van der Waals surface area (Å²) in [6.45, 7) is 4.54. The van der Waals surface area contributed by atoms with Crippen LogP contribution < -0.4 is 0 Å². The summed E-state index contributed by atoms with van der Waals surface area (Å²) >= 11 is 0. The Morgan fingerprint density at radius 3 is 2.73 bits per heavy atom. The van der Waals surface area contributed by atoms with Crippen molar-refractivity contribution in [1.29, 1.82) is 0 Å². The van der Waals surface area contributed by atoms with E-state index in [-0.39, 0.29) is 23.1 Å². The van der Waals surface area contributed by atoms with Crippen LogP contribution in [0.4, 0.5) is 8.78 Å². The van der Waals surface area contributed by atoms with Crippen molar-refractivity contribution in [3.8, 4) is 0 Å². The highest BCUT2D eigenvalue weighted by Crippen LogP contribution is 2.23. The first-order valence-corrected chi connectivity index (χ1v) is 7.49. The van der Waals surface area contributed by atoms with Crippen LogP contribution in [-0.4, -0.2) is 61.6 Å². The van der Waals surface area contributed by atoms with Crippen molar-refractivity contribution in [2.24, 2.45) is 5.92 Å². The number of benzene rings is 1. The first-order chi connectivity index (χ1) is 10.5. The van der Waals surface area contributed by atoms with Crippen LogP contribution in [0.15, 0.2) is 12.1 Å². The van der Waals surface area contributed by atoms with Gasteiger partial charge < -0.3 is 14.5 Å². The lowest BCUT2D eigenvalue weighted by Gasteiger charge is -2.30. The van der Waals surface area contributed by atoms with E-state index in [4.69, 9.17) is 4.74 Å². The Labute approximate surface area is 128 Å². The van der Waals surface area contributed by atoms with E-state index in [1.54, 1.807) is 4.90 Å². The van der Waals surface area contributed by atoms with Crippen molar-refractivity contribution in [3.63, 3.8) is 0 Å². The number of nitrogens with zero attached hydrogens (tertiary/aromatic N) is 2. The number of carbonyl (C=O) groups excluding carboxylic acids is 1. The Bertz CT molecular complexity index is 594. The van der Waals surface area contributed by atoms with Gasteiger partial charge in [-0.15, -0.1) is 0 Å². The molecular formula is C16H20F2N2O2. The van der Waals surface area contributed by atoms with Crippen molar-refractivity contribution in [2.75, 3.05) is 39.9 Å². The average Bonchev–Trinajstić information content (AvgIpc) is 2.74. The predicted molar refractivity (Wildman–Crippen MR) is 77.7 cm³/mol. The number of likely N-dealkylation sites (N-methyl/N-ethyl adjacent to an activating group) is 1. The Kier molecular flexibility index (Phi) is 4.14. The Morgan fingerprint density at radius 2 is 1.95 bits per heavy atom. The molecule has 2 atom stereocenters. The molecule has 4 nitrogen and oxygen atoms in total. The molecule has 1 amide bonds. The second-order valence-electron chi connectivity index (χ2n) is 6.29. The number of hydrogen-bond donors (Lipinski definition) is 0. The van der Waals surface area contributed by atoms with E-state index in [1.165, 1.54) is 19.1 Å². The summed E-state index contributed by atoms with van der Waals surface area (Å²) in [7, 11) is 2.01. The summed E-state index contributed by atoms with van der Waals surface area (Å²) < 4.78 is 33.5. The predicted octanol–water partition coefficient (Wildman–Crippen LogP) is 1.68. The summed E-state index contributed by atoms with van der Waals surface area (Å²) in [6.07, 6.45) is 0. The number of carbonyl (C=O) groups is 1. The lowest BCUT2D eigenvalue weighted by Crippen LogP contribution is -2.46. The third kappa shape index (κ3) is 2.73. The molecule has 2 saturated heterocycles. The molecule has 2 aliphatic rings. The average molecular weight is 310 g/mol. The van der Waals surface area contributed by atoms with Crippen molar-refractivity contribution < 1.29 is 18.3 Å². The molecule has 0 aliphatic carbocycles. The van der Waals surface area contributed by atoms with Gasteiger partial charge in [-0.25, -0.2) is 8.78 Å². The van der Waals surface area contributed by atoms with E-state index in [9.17, 15) is 13.6 Å². The van der Waals surface area contributed by atoms with Crippen molar-refractivity contribution in [3.05, 3.63) is 34.9 Å². The van der Waals surface area contributed by atoms with Crippen LogP contribution in [0.2, 0.25) is 0 Å². The van der Waals surface area contributed by atoms with E-state index >= 15 is 0 Å². The molecule has 0 N–H and O–H groups in total. The number of amides is 1. The smallest absolute Gasteiger partial charge is 0.257 e. The van der Waals surface area contributed by atoms with Gasteiger partial charge in [-0.2, -0.15) is 0 Å². The maximum Gasteiger partial charge on any atom is 0.257 e. The van der Waals surface area contributed by atoms with Gasteiger partial charge in [0.05, 0.1) is 24.8 Å². The molecule has 1 aromatic carbocycles. The monoisotopic (exact) mass is 310 g/mol. The summed E-state index contributed by atoms with van der Waals surface area (Å²) in [6, 6.07) is 2.68. The standard InChI is InChI=1S/C16H20F2N2O2/c1-10-3-4-13(15(18)14(10)17)16(21)20-6-11-5-19(2)7-12(20)9-22-8-11/h3-4,11-12H,5-9H2,1-2H3/t11-,12-/m0/s1. The van der Waals surface area contributed by atoms with Gasteiger partial charge >= 0.3 is 0 Å². The van der Waals surface area contributed by atoms with Gasteiger partial charge in [0.2, 0.25) is 0 Å². The zero-order valence-corrected chi connectivity index (χ0v) is 12.8. The van der Waals surface area contributed by atoms with E-state index in [0.29, 0.717) is 26.3 Å². The van der Waals surface area contributed by atoms with E-state index in [1.807, 2.05) is 7.05 Å². The van der Waals surface area contributed by atoms with Gasteiger partial charge in [-0.1, -0.05) is 6.07 Å². The molecule has 3 rings (SSSR count). The zero-order chi connectivity index (χ0) is 15.9. The maximum atomic E-state index is 14.1. The zero-order valence-electron chi connectivity index (χ0n) is 12.8. The first-order valence-electron chi connectivity index (χ1n) is 7.49. The minimum absolute atomic E-state index is 0.131. The highest BCUT2D eigenvalue weighted by molar-refractivity contribution is 5.95. The van der Waals surface area contributed by atoms with E-state index in [0.717, 1.165) is 6.54 Å². The second kappa shape index (κ2) is 5.93. The quantitative estimate of drug-likeness (QED) is 0.791. The van der Waals surface area contributed by atoms with Crippen molar-refractivity contribution in [2.45, 2.75) is 13.0 Å². The Balaban J connectivity index is 1.93. The van der Waals surface area contributed by atoms with Crippen LogP contribution in [0, 0.1) is 24.5 Å². The fraction of sp³-hybridized carbons (Fsp3) is 0.562. The minimum atomic E-state index is -1.06. The second-order valence-corrected chi connectivity index (χ2v) is 6.29. The summed E-state index contributed by atoms with van der Waals surface area (Å²) in [5, 5.41) is 0. The van der Waals surface area contributed by atoms with E-state index < -0.39 is 17.5 Å². The molecule has 1 aromatic rings. The number of fused-ring (bicyclic) bond motifs is 3. The molecule has 0 spiro atoms. The van der Waals surface area contributed by atoms with Crippen LogP contribution in [-0.2, 0) is 4.74 Å². The summed E-state index contributed by atoms with van der Waals surface area (Å²) in [5.41, 5.74) is 0.00466. The molecule has 0 radical (unpaired) electrons. The topological polar surface area (TPSA) is 32.8 Å². The molecule has 2 fully saturated rings. The van der Waals surface area contributed by atoms with Crippen molar-refractivity contribution in [1.82, 2.24) is 9.80 Å². The number of halogens is 2. The van der Waals surface area contributed by atoms with Crippen LogP contribution in [0.1, 0.15) is 15.9 Å². The van der Waals surface area contributed by atoms with Gasteiger partial charge in [-0.05, 0) is 25.6 Å². The fourth-order valence-electron chi connectivity index (χ4n) is 3.29. The molecule has 2 heterocycles. The van der Waals surface area contributed by atoms with E-state index in [2.05, 4.69) is 4.90 Å². The molecule has 0 saturated carbocycles. The third-order valence-corrected chi connectivity index (χ3v) is 4.42. The molecule has 0 unspecified atom stereocenters. The van der Waals surface area contributed by atoms with Gasteiger partial charge in [0, 0.05) is 25.6 Å². The number of hydrogen-bond acceptors (Lipinski definition) is 3. The molecule has 0 aromatic heterocycles. The lowest BCUT2D eigenvalue weighted by molar-refractivity contribution is 0.0480. The summed E-state index contributed by atoms with van der Waals surface area (Å²) in [5.74, 6) is -2.26. The Morgan fingerprint density at radius 1 is 1.18 bits per heavy atom. The number of ether oxygens (including phenoxy) is 1. The SMILES string of the molecule is Cc1ccc(C(=O)N2C[C@H]3COC[C@@H]2CN(C)C3)c(F)c1F. The van der Waals surface area contributed by atoms with Crippen LogP contribution in [0.5, 0.6) is 0 Å². The van der Waals surface area contributed by atoms with Crippen LogP contribution in [0.25, 0.3) is 0 Å². The minimum Gasteiger partial charge on any atom is -0.379 e. The Hall–Kier alpha value is -1.53. The van der Waals surface area contributed by atoms with Crippen LogP contribution >= 0.6 is 0 Å². The normalized spacial score (nSPS) is 25.9. The maximum absolute atomic E-state index is 14.1. The molecule has 120 valence electrons. The highest BCUT2D eigenvalue weighted by Gasteiger charge is 2.36. The summed E-state index contributed by atoms with van der Waals surface area (Å²) in [4.78, 5) is 16.5. The van der Waals surface area contributed by atoms with Crippen molar-refractivity contribution >= 4 is 5.91 Å². The van der Waals surface area contributed by atoms with Gasteiger partial charge in [-0.3, -0.25) is 4.79 Å². The number of rotatable bonds is 1. The van der Waals surface area contributed by atoms with Gasteiger partial charge in [0.15, 0.2) is 11.6 Å². The first kappa shape index (κ1) is 15.4. The third-order valence-electron chi connectivity index (χ3n) is 4.42. The largest absolute Gasteiger partial charge is 0.379 e. The highest BCUT2D eigenvalue weighted by atomic mass is 19.2. The van der Waals surface area contributed by atoms with Gasteiger partial charge in [0.1, 0.15) is 0 Å². The fourth-order valence-corrected chi connectivity index (χ4v) is 3.29. The number of aryl methyl sites for hydroxylation is 1. The molecule has 22 heavy (non-hydrogen) atoms. The molecule has 6 heteroatoms. The van der Waals surface area contributed by atoms with Crippen LogP contribution in [0.3, 0.4) is 0 Å². The molecule has 2 bridgehead atoms. The van der Waals surface area contributed by atoms with Gasteiger partial charge in [0.25, 0.3) is 5.91 Å².